The predicted molar refractivity (Wildman–Crippen MR) is 88.4 cm³/mol. The quantitative estimate of drug-likeness (QED) is 0.901. The zero-order chi connectivity index (χ0) is 16.6. The molecule has 1 aliphatic heterocycles. The molecule has 3 rings (SSSR count). The largest absolute Gasteiger partial charge is 0.391 e. The van der Waals surface area contributed by atoms with Crippen molar-refractivity contribution in [1.29, 1.82) is 0 Å². The van der Waals surface area contributed by atoms with E-state index in [-0.39, 0.29) is 18.1 Å². The van der Waals surface area contributed by atoms with E-state index < -0.39 is 5.54 Å². The minimum atomic E-state index is -0.748. The fraction of sp³-hybridized carbons (Fsp3) is 0.750. The van der Waals surface area contributed by atoms with Crippen molar-refractivity contribution in [2.45, 2.75) is 50.8 Å². The van der Waals surface area contributed by atoms with Gasteiger partial charge in [0.05, 0.1) is 17.3 Å². The Kier molecular flexibility index (Phi) is 4.67. The van der Waals surface area contributed by atoms with Gasteiger partial charge < -0.3 is 10.0 Å². The smallest absolute Gasteiger partial charge is 0.250 e. The summed E-state index contributed by atoms with van der Waals surface area (Å²) < 4.78 is 1.63. The van der Waals surface area contributed by atoms with Crippen LogP contribution in [0.3, 0.4) is 0 Å². The number of carbonyl (C=O) groups is 1. The molecule has 1 saturated carbocycles. The van der Waals surface area contributed by atoms with Crippen LogP contribution in [0, 0.1) is 0 Å². The fourth-order valence-corrected chi connectivity index (χ4v) is 3.83. The minimum Gasteiger partial charge on any atom is -0.391 e. The Morgan fingerprint density at radius 3 is 2.52 bits per heavy atom. The highest BCUT2D eigenvalue weighted by atomic mass is 35.5. The normalized spacial score (nSPS) is 26.7. The molecule has 1 aromatic rings. The molecule has 7 heteroatoms. The van der Waals surface area contributed by atoms with E-state index in [1.165, 1.54) is 0 Å². The highest BCUT2D eigenvalue weighted by Gasteiger charge is 2.38. The van der Waals surface area contributed by atoms with Crippen LogP contribution >= 0.6 is 11.6 Å². The molecule has 2 fully saturated rings. The van der Waals surface area contributed by atoms with Gasteiger partial charge in [-0.15, -0.1) is 0 Å². The molecule has 2 unspecified atom stereocenters. The number of aliphatic hydroxyl groups is 1. The molecule has 1 N–H and O–H groups in total. The van der Waals surface area contributed by atoms with E-state index in [1.54, 1.807) is 17.1 Å². The Morgan fingerprint density at radius 1 is 1.30 bits per heavy atom. The first kappa shape index (κ1) is 16.7. The van der Waals surface area contributed by atoms with Crippen LogP contribution in [-0.4, -0.2) is 68.9 Å². The van der Waals surface area contributed by atoms with Gasteiger partial charge in [-0.1, -0.05) is 11.6 Å². The summed E-state index contributed by atoms with van der Waals surface area (Å²) in [5.41, 5.74) is -0.748. The molecule has 6 nitrogen and oxygen atoms in total. The third-order valence-electron chi connectivity index (χ3n) is 5.16. The first-order valence-corrected chi connectivity index (χ1v) is 8.69. The lowest BCUT2D eigenvalue weighted by atomic mass is 10.0. The molecule has 23 heavy (non-hydrogen) atoms. The number of piperazine rings is 1. The Balaban J connectivity index is 1.61. The molecule has 1 amide bonds. The summed E-state index contributed by atoms with van der Waals surface area (Å²) >= 11 is 5.92. The van der Waals surface area contributed by atoms with Gasteiger partial charge in [0.2, 0.25) is 5.91 Å². The molecule has 1 aromatic heterocycles. The van der Waals surface area contributed by atoms with Gasteiger partial charge in [0, 0.05) is 38.4 Å². The zero-order valence-electron chi connectivity index (χ0n) is 13.8. The van der Waals surface area contributed by atoms with E-state index in [2.05, 4.69) is 10.00 Å². The van der Waals surface area contributed by atoms with Crippen molar-refractivity contribution in [3.8, 4) is 0 Å². The molecule has 128 valence electrons. The maximum atomic E-state index is 12.9. The first-order chi connectivity index (χ1) is 10.9. The Morgan fingerprint density at radius 2 is 2.00 bits per heavy atom. The summed E-state index contributed by atoms with van der Waals surface area (Å²) in [4.78, 5) is 17.1. The van der Waals surface area contributed by atoms with E-state index in [9.17, 15) is 9.90 Å². The van der Waals surface area contributed by atoms with Crippen LogP contribution in [0.4, 0.5) is 0 Å². The number of hydrogen-bond acceptors (Lipinski definition) is 4. The number of amides is 1. The van der Waals surface area contributed by atoms with Crippen LogP contribution in [0.2, 0.25) is 5.02 Å². The van der Waals surface area contributed by atoms with Crippen molar-refractivity contribution in [3.63, 3.8) is 0 Å². The lowest BCUT2D eigenvalue weighted by Gasteiger charge is -2.41. The first-order valence-electron chi connectivity index (χ1n) is 8.32. The number of halogens is 1. The fourth-order valence-electron chi connectivity index (χ4n) is 3.69. The third kappa shape index (κ3) is 3.25. The molecular weight excluding hydrogens is 316 g/mol. The van der Waals surface area contributed by atoms with Gasteiger partial charge >= 0.3 is 0 Å². The number of nitrogens with zero attached hydrogens (tertiary/aromatic N) is 4. The van der Waals surface area contributed by atoms with Gasteiger partial charge in [-0.2, -0.15) is 5.10 Å². The second-order valence-electron chi connectivity index (χ2n) is 7.06. The molecule has 0 bridgehead atoms. The van der Waals surface area contributed by atoms with E-state index in [1.807, 2.05) is 18.7 Å². The van der Waals surface area contributed by atoms with Gasteiger partial charge in [0.15, 0.2) is 0 Å². The average molecular weight is 341 g/mol. The molecule has 0 radical (unpaired) electrons. The second kappa shape index (κ2) is 6.42. The van der Waals surface area contributed by atoms with Gasteiger partial charge in [0.1, 0.15) is 5.54 Å². The molecule has 2 atom stereocenters. The van der Waals surface area contributed by atoms with Gasteiger partial charge in [-0.3, -0.25) is 14.4 Å². The van der Waals surface area contributed by atoms with Gasteiger partial charge in [-0.25, -0.2) is 0 Å². The van der Waals surface area contributed by atoms with Crippen molar-refractivity contribution in [2.75, 3.05) is 26.2 Å². The summed E-state index contributed by atoms with van der Waals surface area (Å²) in [6.45, 7) is 6.77. The van der Waals surface area contributed by atoms with Gasteiger partial charge in [0.25, 0.3) is 0 Å². The van der Waals surface area contributed by atoms with Crippen LogP contribution in [0.1, 0.15) is 33.1 Å². The molecule has 2 aliphatic rings. The lowest BCUT2D eigenvalue weighted by Crippen LogP contribution is -2.57. The monoisotopic (exact) mass is 340 g/mol. The molecule has 2 heterocycles. The standard InChI is InChI=1S/C16H25ClN4O2/c1-16(2,21-11-12(17)10-18-21)15(23)20-8-6-19(7-9-20)13-4-3-5-14(13)22/h10-11,13-14,22H,3-9H2,1-2H3. The SMILES string of the molecule is CC(C)(C(=O)N1CCN(C2CCCC2O)CC1)n1cc(Cl)cn1. The van der Waals surface area contributed by atoms with Gasteiger partial charge in [-0.05, 0) is 33.1 Å². The number of rotatable bonds is 3. The van der Waals surface area contributed by atoms with E-state index in [0.29, 0.717) is 18.1 Å². The summed E-state index contributed by atoms with van der Waals surface area (Å²) in [6, 6.07) is 0.269. The zero-order valence-corrected chi connectivity index (χ0v) is 14.5. The molecule has 1 aliphatic carbocycles. The van der Waals surface area contributed by atoms with Crippen LogP contribution in [0.5, 0.6) is 0 Å². The second-order valence-corrected chi connectivity index (χ2v) is 7.49. The van der Waals surface area contributed by atoms with E-state index in [4.69, 9.17) is 11.6 Å². The Labute approximate surface area is 142 Å². The topological polar surface area (TPSA) is 61.6 Å². The number of carbonyl (C=O) groups excluding carboxylic acids is 1. The van der Waals surface area contributed by atoms with E-state index >= 15 is 0 Å². The van der Waals surface area contributed by atoms with Crippen LogP contribution in [0.25, 0.3) is 0 Å². The molecule has 0 spiro atoms. The lowest BCUT2D eigenvalue weighted by molar-refractivity contribution is -0.142. The highest BCUT2D eigenvalue weighted by molar-refractivity contribution is 6.30. The van der Waals surface area contributed by atoms with Crippen LogP contribution in [0.15, 0.2) is 12.4 Å². The van der Waals surface area contributed by atoms with Crippen LogP contribution < -0.4 is 0 Å². The molecular formula is C16H25ClN4O2. The van der Waals surface area contributed by atoms with Crippen molar-refractivity contribution in [1.82, 2.24) is 19.6 Å². The average Bonchev–Trinajstić information content (AvgIpc) is 3.15. The number of hydrogen-bond donors (Lipinski definition) is 1. The predicted octanol–water partition coefficient (Wildman–Crippen LogP) is 1.33. The Bertz CT molecular complexity index is 566. The van der Waals surface area contributed by atoms with Crippen LogP contribution in [-0.2, 0) is 10.3 Å². The van der Waals surface area contributed by atoms with Crippen molar-refractivity contribution < 1.29 is 9.90 Å². The highest BCUT2D eigenvalue weighted by Crippen LogP contribution is 2.26. The van der Waals surface area contributed by atoms with Crippen molar-refractivity contribution in [2.24, 2.45) is 0 Å². The van der Waals surface area contributed by atoms with Crippen molar-refractivity contribution in [3.05, 3.63) is 17.4 Å². The molecule has 0 aromatic carbocycles. The molecule has 1 saturated heterocycles. The third-order valence-corrected chi connectivity index (χ3v) is 5.36. The summed E-state index contributed by atoms with van der Waals surface area (Å²) in [5.74, 6) is 0.0592. The summed E-state index contributed by atoms with van der Waals surface area (Å²) in [7, 11) is 0. The maximum Gasteiger partial charge on any atom is 0.250 e. The van der Waals surface area contributed by atoms with E-state index in [0.717, 1.165) is 32.4 Å². The number of aromatic nitrogens is 2. The maximum absolute atomic E-state index is 12.9. The minimum absolute atomic E-state index is 0.0592. The van der Waals surface area contributed by atoms with Crippen molar-refractivity contribution >= 4 is 17.5 Å². The summed E-state index contributed by atoms with van der Waals surface area (Å²) in [6.07, 6.45) is 6.09. The summed E-state index contributed by atoms with van der Waals surface area (Å²) in [5, 5.41) is 14.8. The Hall–Kier alpha value is -1.11. The number of aliphatic hydroxyl groups excluding tert-OH is 1.